The maximum absolute atomic E-state index is 12.1. The van der Waals surface area contributed by atoms with Crippen molar-refractivity contribution in [3.8, 4) is 11.8 Å². The number of nitrogens with one attached hydrogen (secondary N) is 1. The van der Waals surface area contributed by atoms with Gasteiger partial charge in [0.1, 0.15) is 11.6 Å². The first kappa shape index (κ1) is 17.2. The van der Waals surface area contributed by atoms with Gasteiger partial charge in [0.25, 0.3) is 5.91 Å². The van der Waals surface area contributed by atoms with Gasteiger partial charge in [-0.15, -0.1) is 0 Å². The van der Waals surface area contributed by atoms with Crippen molar-refractivity contribution in [3.05, 3.63) is 68.2 Å². The zero-order chi connectivity index (χ0) is 17.7. The lowest BCUT2D eigenvalue weighted by Crippen LogP contribution is -2.13. The number of rotatable bonds is 4. The number of carbonyl (C=O) groups excluding carboxylic acids is 1. The van der Waals surface area contributed by atoms with E-state index in [1.54, 1.807) is 30.3 Å². The van der Waals surface area contributed by atoms with Crippen LogP contribution in [0.15, 0.2) is 52.5 Å². The molecule has 120 valence electrons. The first-order valence-corrected chi connectivity index (χ1v) is 7.36. The Bertz CT molecular complexity index is 887. The average molecular weight is 388 g/mol. The number of aromatic hydroxyl groups is 1. The van der Waals surface area contributed by atoms with Crippen LogP contribution < -0.4 is 5.32 Å². The molecule has 0 fully saturated rings. The molecule has 2 aromatic carbocycles. The van der Waals surface area contributed by atoms with E-state index in [0.717, 1.165) is 16.6 Å². The molecule has 0 atom stereocenters. The smallest absolute Gasteiger partial charge is 0.311 e. The highest BCUT2D eigenvalue weighted by molar-refractivity contribution is 9.10. The second kappa shape index (κ2) is 7.39. The summed E-state index contributed by atoms with van der Waals surface area (Å²) in [7, 11) is 0. The van der Waals surface area contributed by atoms with E-state index in [4.69, 9.17) is 5.26 Å². The van der Waals surface area contributed by atoms with Crippen molar-refractivity contribution >= 4 is 39.3 Å². The second-order valence-corrected chi connectivity index (χ2v) is 5.56. The summed E-state index contributed by atoms with van der Waals surface area (Å²) in [5.41, 5.74) is 0.0102. The normalized spacial score (nSPS) is 10.8. The van der Waals surface area contributed by atoms with Gasteiger partial charge in [-0.3, -0.25) is 14.9 Å². The summed E-state index contributed by atoms with van der Waals surface area (Å²) in [6.45, 7) is 0. The summed E-state index contributed by atoms with van der Waals surface area (Å²) in [5, 5.41) is 31.9. The Morgan fingerprint density at radius 1 is 1.33 bits per heavy atom. The van der Waals surface area contributed by atoms with Crippen molar-refractivity contribution in [2.75, 3.05) is 5.32 Å². The van der Waals surface area contributed by atoms with Gasteiger partial charge in [-0.05, 0) is 35.9 Å². The minimum atomic E-state index is -0.750. The molecule has 7 nitrogen and oxygen atoms in total. The maximum atomic E-state index is 12.1. The van der Waals surface area contributed by atoms with E-state index in [1.165, 1.54) is 12.1 Å². The predicted octanol–water partition coefficient (Wildman–Crippen LogP) is 3.61. The predicted molar refractivity (Wildman–Crippen MR) is 91.1 cm³/mol. The van der Waals surface area contributed by atoms with Crippen LogP contribution in [0.1, 0.15) is 5.56 Å². The largest absolute Gasteiger partial charge is 0.502 e. The summed E-state index contributed by atoms with van der Waals surface area (Å²) < 4.78 is 0.761. The molecule has 0 aromatic heterocycles. The zero-order valence-electron chi connectivity index (χ0n) is 12.1. The SMILES string of the molecule is N#C/C(=C/c1ccc(O)c([N+](=O)[O-])c1)C(=O)Nc1cccc(Br)c1. The van der Waals surface area contributed by atoms with Crippen LogP contribution in [0.2, 0.25) is 0 Å². The lowest BCUT2D eigenvalue weighted by molar-refractivity contribution is -0.385. The number of hydrogen-bond acceptors (Lipinski definition) is 5. The Morgan fingerprint density at radius 3 is 2.71 bits per heavy atom. The number of amides is 1. The van der Waals surface area contributed by atoms with Crippen molar-refractivity contribution in [2.45, 2.75) is 0 Å². The summed E-state index contributed by atoms with van der Waals surface area (Å²) in [5.74, 6) is -1.14. The van der Waals surface area contributed by atoms with Crippen LogP contribution in [0.3, 0.4) is 0 Å². The molecule has 0 bridgehead atoms. The van der Waals surface area contributed by atoms with E-state index < -0.39 is 22.3 Å². The molecule has 8 heteroatoms. The first-order valence-electron chi connectivity index (χ1n) is 6.57. The number of nitro benzene ring substituents is 1. The molecule has 0 saturated heterocycles. The molecule has 0 aliphatic heterocycles. The van der Waals surface area contributed by atoms with Crippen molar-refractivity contribution in [1.29, 1.82) is 5.26 Å². The molecule has 24 heavy (non-hydrogen) atoms. The van der Waals surface area contributed by atoms with Gasteiger partial charge in [-0.1, -0.05) is 28.1 Å². The van der Waals surface area contributed by atoms with Crippen molar-refractivity contribution in [3.63, 3.8) is 0 Å². The minimum absolute atomic E-state index is 0.227. The van der Waals surface area contributed by atoms with Crippen LogP contribution in [0.25, 0.3) is 6.08 Å². The van der Waals surface area contributed by atoms with E-state index in [0.29, 0.717) is 5.69 Å². The summed E-state index contributed by atoms with van der Waals surface area (Å²) >= 11 is 3.27. The Hall–Kier alpha value is -3.18. The number of halogens is 1. The van der Waals surface area contributed by atoms with E-state index in [-0.39, 0.29) is 11.1 Å². The van der Waals surface area contributed by atoms with Gasteiger partial charge in [0, 0.05) is 16.2 Å². The molecule has 0 spiro atoms. The summed E-state index contributed by atoms with van der Waals surface area (Å²) in [6, 6.07) is 12.2. The molecule has 2 aromatic rings. The fourth-order valence-corrected chi connectivity index (χ4v) is 2.26. The van der Waals surface area contributed by atoms with E-state index >= 15 is 0 Å². The standard InChI is InChI=1S/C16H10BrN3O4/c17-12-2-1-3-13(8-12)19-16(22)11(9-18)6-10-4-5-15(21)14(7-10)20(23)24/h1-8,21H,(H,19,22)/b11-6-. The van der Waals surface area contributed by atoms with Gasteiger partial charge in [-0.25, -0.2) is 0 Å². The van der Waals surface area contributed by atoms with Crippen LogP contribution in [-0.4, -0.2) is 15.9 Å². The highest BCUT2D eigenvalue weighted by Crippen LogP contribution is 2.27. The van der Waals surface area contributed by atoms with Gasteiger partial charge in [0.15, 0.2) is 5.75 Å². The fourth-order valence-electron chi connectivity index (χ4n) is 1.86. The van der Waals surface area contributed by atoms with E-state index in [9.17, 15) is 20.0 Å². The molecule has 0 unspecified atom stereocenters. The molecule has 0 heterocycles. The third-order valence-electron chi connectivity index (χ3n) is 2.95. The molecule has 0 aliphatic carbocycles. The monoisotopic (exact) mass is 387 g/mol. The third kappa shape index (κ3) is 4.18. The highest BCUT2D eigenvalue weighted by atomic mass is 79.9. The van der Waals surface area contributed by atoms with Gasteiger partial charge < -0.3 is 10.4 Å². The van der Waals surface area contributed by atoms with Gasteiger partial charge in [0.05, 0.1) is 4.92 Å². The van der Waals surface area contributed by atoms with Gasteiger partial charge in [-0.2, -0.15) is 5.26 Å². The lowest BCUT2D eigenvalue weighted by Gasteiger charge is -2.05. The van der Waals surface area contributed by atoms with Crippen LogP contribution in [0, 0.1) is 21.4 Å². The number of nitrogens with zero attached hydrogens (tertiary/aromatic N) is 2. The van der Waals surface area contributed by atoms with Gasteiger partial charge >= 0.3 is 5.69 Å². The molecule has 1 amide bonds. The molecule has 0 saturated carbocycles. The Morgan fingerprint density at radius 2 is 2.08 bits per heavy atom. The first-order chi connectivity index (χ1) is 11.4. The van der Waals surface area contributed by atoms with Gasteiger partial charge in [0.2, 0.25) is 0 Å². The number of phenols is 1. The summed E-state index contributed by atoms with van der Waals surface area (Å²) in [6.07, 6.45) is 1.21. The Labute approximate surface area is 145 Å². The third-order valence-corrected chi connectivity index (χ3v) is 3.45. The number of nitro groups is 1. The summed E-state index contributed by atoms with van der Waals surface area (Å²) in [4.78, 5) is 22.2. The Balaban J connectivity index is 2.29. The molecule has 0 radical (unpaired) electrons. The van der Waals surface area contributed by atoms with E-state index in [1.807, 2.05) is 0 Å². The highest BCUT2D eigenvalue weighted by Gasteiger charge is 2.15. The topological polar surface area (TPSA) is 116 Å². The zero-order valence-corrected chi connectivity index (χ0v) is 13.6. The number of phenolic OH excluding ortho intramolecular Hbond substituents is 1. The van der Waals surface area contributed by atoms with E-state index in [2.05, 4.69) is 21.2 Å². The number of benzene rings is 2. The van der Waals surface area contributed by atoms with Crippen LogP contribution in [0.5, 0.6) is 5.75 Å². The van der Waals surface area contributed by atoms with Crippen molar-refractivity contribution < 1.29 is 14.8 Å². The number of hydrogen-bond donors (Lipinski definition) is 2. The molecular weight excluding hydrogens is 378 g/mol. The molecule has 2 rings (SSSR count). The van der Waals surface area contributed by atoms with Crippen molar-refractivity contribution in [2.24, 2.45) is 0 Å². The van der Waals surface area contributed by atoms with Crippen molar-refractivity contribution in [1.82, 2.24) is 0 Å². The molecular formula is C16H10BrN3O4. The average Bonchev–Trinajstić information content (AvgIpc) is 2.53. The number of carbonyl (C=O) groups is 1. The molecule has 2 N–H and O–H groups in total. The lowest BCUT2D eigenvalue weighted by atomic mass is 10.1. The minimum Gasteiger partial charge on any atom is -0.502 e. The maximum Gasteiger partial charge on any atom is 0.311 e. The Kier molecular flexibility index (Phi) is 5.29. The number of nitriles is 1. The fraction of sp³-hybridized carbons (Fsp3) is 0. The molecule has 0 aliphatic rings. The van der Waals surface area contributed by atoms with Crippen LogP contribution in [0.4, 0.5) is 11.4 Å². The van der Waals surface area contributed by atoms with Crippen LogP contribution >= 0.6 is 15.9 Å². The quantitative estimate of drug-likeness (QED) is 0.359. The number of anilines is 1. The second-order valence-electron chi connectivity index (χ2n) is 4.64. The van der Waals surface area contributed by atoms with Crippen LogP contribution in [-0.2, 0) is 4.79 Å².